The van der Waals surface area contributed by atoms with Gasteiger partial charge in [0, 0.05) is 30.3 Å². The molecule has 23 heavy (non-hydrogen) atoms. The Morgan fingerprint density at radius 2 is 2.00 bits per heavy atom. The second kappa shape index (κ2) is 6.69. The largest absolute Gasteiger partial charge is 0.392 e. The first kappa shape index (κ1) is 16.6. The standard InChI is InChI=1S/C16H14Cl2F2N2O/c17-15-4-1-9(16(18)21-15)7-22-8-11(23)6-14(22)12-5-10(19)2-3-13(12)20/h1-5,11,14,23H,6-8H2. The van der Waals surface area contributed by atoms with Crippen LogP contribution in [0.2, 0.25) is 10.3 Å². The molecule has 1 aromatic heterocycles. The molecule has 0 spiro atoms. The molecule has 1 saturated heterocycles. The Morgan fingerprint density at radius 1 is 1.22 bits per heavy atom. The van der Waals surface area contributed by atoms with Crippen LogP contribution in [0.1, 0.15) is 23.6 Å². The van der Waals surface area contributed by atoms with Crippen molar-refractivity contribution in [3.05, 3.63) is 63.4 Å². The lowest BCUT2D eigenvalue weighted by Crippen LogP contribution is -2.25. The van der Waals surface area contributed by atoms with Gasteiger partial charge in [0.15, 0.2) is 0 Å². The summed E-state index contributed by atoms with van der Waals surface area (Å²) in [4.78, 5) is 5.83. The van der Waals surface area contributed by atoms with Crippen molar-refractivity contribution in [2.45, 2.75) is 25.1 Å². The van der Waals surface area contributed by atoms with Crippen LogP contribution in [-0.2, 0) is 6.54 Å². The van der Waals surface area contributed by atoms with E-state index in [0.717, 1.165) is 12.1 Å². The predicted molar refractivity (Wildman–Crippen MR) is 84.4 cm³/mol. The molecule has 0 aliphatic carbocycles. The lowest BCUT2D eigenvalue weighted by atomic mass is 10.0. The summed E-state index contributed by atoms with van der Waals surface area (Å²) in [5.74, 6) is -0.996. The summed E-state index contributed by atoms with van der Waals surface area (Å²) in [7, 11) is 0. The number of rotatable bonds is 3. The maximum absolute atomic E-state index is 14.1. The van der Waals surface area contributed by atoms with E-state index in [1.54, 1.807) is 12.1 Å². The molecule has 1 aliphatic heterocycles. The van der Waals surface area contributed by atoms with Crippen LogP contribution >= 0.6 is 23.2 Å². The molecule has 0 amide bonds. The number of aromatic nitrogens is 1. The molecule has 1 aromatic carbocycles. The third-order valence-electron chi connectivity index (χ3n) is 3.96. The van der Waals surface area contributed by atoms with Gasteiger partial charge in [-0.25, -0.2) is 13.8 Å². The van der Waals surface area contributed by atoms with E-state index in [-0.39, 0.29) is 15.9 Å². The molecule has 1 fully saturated rings. The first-order valence-corrected chi connectivity index (χ1v) is 7.87. The molecule has 2 unspecified atom stereocenters. The first-order valence-electron chi connectivity index (χ1n) is 7.12. The van der Waals surface area contributed by atoms with Gasteiger partial charge in [-0.05, 0) is 30.7 Å². The van der Waals surface area contributed by atoms with E-state index < -0.39 is 23.8 Å². The van der Waals surface area contributed by atoms with Crippen molar-refractivity contribution in [3.63, 3.8) is 0 Å². The lowest BCUT2D eigenvalue weighted by molar-refractivity contribution is 0.172. The fourth-order valence-corrected chi connectivity index (χ4v) is 3.33. The number of pyridine rings is 1. The summed E-state index contributed by atoms with van der Waals surface area (Å²) in [6.45, 7) is 0.709. The number of nitrogens with zero attached hydrogens (tertiary/aromatic N) is 2. The summed E-state index contributed by atoms with van der Waals surface area (Å²) < 4.78 is 27.5. The van der Waals surface area contributed by atoms with Crippen molar-refractivity contribution in [1.29, 1.82) is 0 Å². The lowest BCUT2D eigenvalue weighted by Gasteiger charge is -2.25. The van der Waals surface area contributed by atoms with Gasteiger partial charge in [0.25, 0.3) is 0 Å². The van der Waals surface area contributed by atoms with Crippen molar-refractivity contribution < 1.29 is 13.9 Å². The molecular formula is C16H14Cl2F2N2O. The topological polar surface area (TPSA) is 36.4 Å². The molecule has 3 nitrogen and oxygen atoms in total. The SMILES string of the molecule is OC1CC(c2cc(F)ccc2F)N(Cc2ccc(Cl)nc2Cl)C1. The second-order valence-electron chi connectivity index (χ2n) is 5.58. The van der Waals surface area contributed by atoms with E-state index in [0.29, 0.717) is 25.1 Å². The number of hydrogen-bond acceptors (Lipinski definition) is 3. The van der Waals surface area contributed by atoms with Gasteiger partial charge in [-0.2, -0.15) is 0 Å². The molecule has 0 bridgehead atoms. The van der Waals surface area contributed by atoms with Gasteiger partial charge >= 0.3 is 0 Å². The van der Waals surface area contributed by atoms with Crippen LogP contribution in [0.5, 0.6) is 0 Å². The van der Waals surface area contributed by atoms with Crippen LogP contribution in [-0.4, -0.2) is 27.6 Å². The fraction of sp³-hybridized carbons (Fsp3) is 0.312. The highest BCUT2D eigenvalue weighted by Gasteiger charge is 2.34. The number of likely N-dealkylation sites (tertiary alicyclic amines) is 1. The van der Waals surface area contributed by atoms with Crippen molar-refractivity contribution in [2.75, 3.05) is 6.54 Å². The summed E-state index contributed by atoms with van der Waals surface area (Å²) in [5.41, 5.74) is 0.951. The highest BCUT2D eigenvalue weighted by molar-refractivity contribution is 6.32. The van der Waals surface area contributed by atoms with Crippen LogP contribution in [0.15, 0.2) is 30.3 Å². The van der Waals surface area contributed by atoms with Crippen LogP contribution < -0.4 is 0 Å². The maximum atomic E-state index is 14.1. The minimum absolute atomic E-state index is 0.236. The van der Waals surface area contributed by atoms with Gasteiger partial charge in [-0.3, -0.25) is 4.90 Å². The van der Waals surface area contributed by atoms with Gasteiger partial charge in [0.1, 0.15) is 21.9 Å². The minimum Gasteiger partial charge on any atom is -0.392 e. The van der Waals surface area contributed by atoms with E-state index in [2.05, 4.69) is 4.98 Å². The molecule has 2 aromatic rings. The number of benzene rings is 1. The molecule has 2 atom stereocenters. The van der Waals surface area contributed by atoms with E-state index in [1.165, 1.54) is 6.07 Å². The van der Waals surface area contributed by atoms with Gasteiger partial charge in [-0.1, -0.05) is 29.3 Å². The number of aliphatic hydroxyl groups is 1. The summed E-state index contributed by atoms with van der Waals surface area (Å²) in [5, 5.41) is 10.5. The fourth-order valence-electron chi connectivity index (χ4n) is 2.93. The van der Waals surface area contributed by atoms with Crippen LogP contribution in [0.3, 0.4) is 0 Å². The molecular weight excluding hydrogens is 345 g/mol. The van der Waals surface area contributed by atoms with E-state index in [4.69, 9.17) is 23.2 Å². The van der Waals surface area contributed by atoms with Crippen molar-refractivity contribution in [3.8, 4) is 0 Å². The van der Waals surface area contributed by atoms with Crippen molar-refractivity contribution in [2.24, 2.45) is 0 Å². The summed E-state index contributed by atoms with van der Waals surface area (Å²) in [6.07, 6.45) is -0.277. The van der Waals surface area contributed by atoms with E-state index in [9.17, 15) is 13.9 Å². The zero-order valence-electron chi connectivity index (χ0n) is 12.0. The molecule has 1 N–H and O–H groups in total. The second-order valence-corrected chi connectivity index (χ2v) is 6.33. The number of β-amino-alcohol motifs (C(OH)–C–C–N with tert-alkyl or cyclic N) is 1. The quantitative estimate of drug-likeness (QED) is 0.843. The monoisotopic (exact) mass is 358 g/mol. The van der Waals surface area contributed by atoms with Gasteiger partial charge in [-0.15, -0.1) is 0 Å². The van der Waals surface area contributed by atoms with Crippen LogP contribution in [0.4, 0.5) is 8.78 Å². The van der Waals surface area contributed by atoms with Crippen molar-refractivity contribution in [1.82, 2.24) is 9.88 Å². The average molecular weight is 359 g/mol. The Hall–Kier alpha value is -1.27. The zero-order chi connectivity index (χ0) is 16.6. The highest BCUT2D eigenvalue weighted by Crippen LogP contribution is 2.35. The number of hydrogen-bond donors (Lipinski definition) is 1. The molecule has 0 radical (unpaired) electrons. The maximum Gasteiger partial charge on any atom is 0.135 e. The molecule has 122 valence electrons. The van der Waals surface area contributed by atoms with E-state index >= 15 is 0 Å². The molecule has 1 aliphatic rings. The predicted octanol–water partition coefficient (Wildman–Crippen LogP) is 3.97. The number of halogens is 4. The van der Waals surface area contributed by atoms with Gasteiger partial charge < -0.3 is 5.11 Å². The highest BCUT2D eigenvalue weighted by atomic mass is 35.5. The van der Waals surface area contributed by atoms with Crippen LogP contribution in [0, 0.1) is 11.6 Å². The number of aliphatic hydroxyl groups excluding tert-OH is 1. The average Bonchev–Trinajstić information content (AvgIpc) is 2.85. The third kappa shape index (κ3) is 3.63. The molecule has 0 saturated carbocycles. The van der Waals surface area contributed by atoms with Gasteiger partial charge in [0.2, 0.25) is 0 Å². The van der Waals surface area contributed by atoms with Crippen LogP contribution in [0.25, 0.3) is 0 Å². The van der Waals surface area contributed by atoms with E-state index in [1.807, 2.05) is 4.90 Å². The summed E-state index contributed by atoms with van der Waals surface area (Å²) in [6, 6.07) is 6.28. The summed E-state index contributed by atoms with van der Waals surface area (Å²) >= 11 is 11.9. The Labute approximate surface area is 142 Å². The Kier molecular flexibility index (Phi) is 4.82. The normalized spacial score (nSPS) is 21.8. The first-order chi connectivity index (χ1) is 10.9. The zero-order valence-corrected chi connectivity index (χ0v) is 13.5. The minimum atomic E-state index is -0.610. The third-order valence-corrected chi connectivity index (χ3v) is 4.50. The van der Waals surface area contributed by atoms with Crippen molar-refractivity contribution >= 4 is 23.2 Å². The molecule has 3 rings (SSSR count). The Bertz CT molecular complexity index is 729. The molecule has 7 heteroatoms. The Morgan fingerprint density at radius 3 is 2.74 bits per heavy atom. The van der Waals surface area contributed by atoms with Gasteiger partial charge in [0.05, 0.1) is 6.10 Å². The Balaban J connectivity index is 1.89. The smallest absolute Gasteiger partial charge is 0.135 e. The molecule has 2 heterocycles.